The van der Waals surface area contributed by atoms with E-state index >= 15 is 0 Å². The second-order valence-corrected chi connectivity index (χ2v) is 23.5. The van der Waals surface area contributed by atoms with E-state index in [9.17, 15) is 47.9 Å². The molecule has 3 aliphatic heterocycles. The first kappa shape index (κ1) is 71.3. The molecule has 500 valence electrons. The van der Waals surface area contributed by atoms with Crippen molar-refractivity contribution in [1.82, 2.24) is 51.6 Å². The summed E-state index contributed by atoms with van der Waals surface area (Å²) < 4.78 is 22.6. The monoisotopic (exact) mass is 1350 g/mol. The number of halogens is 1. The molecule has 1 aromatic heterocycles. The number of nitrogens with one attached hydrogen (secondary N) is 8. The number of nitrogens with two attached hydrogens (primary N) is 1. The topological polar surface area (TPSA) is 347 Å². The minimum atomic E-state index is -0.809. The lowest BCUT2D eigenvalue weighted by molar-refractivity contribution is -0.137. The third-order valence-electron chi connectivity index (χ3n) is 15.7. The molecule has 1 fully saturated rings. The largest absolute Gasteiger partial charge is 0.492 e. The number of rotatable bonds is 30. The van der Waals surface area contributed by atoms with Crippen molar-refractivity contribution in [2.45, 2.75) is 78.0 Å². The molecule has 10 N–H and O–H groups in total. The van der Waals surface area contributed by atoms with Gasteiger partial charge in [-0.1, -0.05) is 66.2 Å². The Balaban J connectivity index is 0.000000367. The van der Waals surface area contributed by atoms with Crippen LogP contribution in [0.2, 0.25) is 0 Å². The molecule has 28 heteroatoms. The summed E-state index contributed by atoms with van der Waals surface area (Å²) in [4.78, 5) is 131. The van der Waals surface area contributed by atoms with E-state index in [1.807, 2.05) is 49.5 Å². The molecule has 5 aromatic rings. The number of ether oxygens (including phenoxy) is 4. The second kappa shape index (κ2) is 35.6. The number of hydrogen-bond acceptors (Lipinski definition) is 16. The van der Waals surface area contributed by atoms with Gasteiger partial charge in [-0.15, -0.1) is 0 Å². The van der Waals surface area contributed by atoms with Crippen LogP contribution in [-0.4, -0.2) is 196 Å². The van der Waals surface area contributed by atoms with Gasteiger partial charge in [0.25, 0.3) is 17.7 Å². The first-order valence-corrected chi connectivity index (χ1v) is 32.1. The normalized spacial score (nSPS) is 15.0. The van der Waals surface area contributed by atoms with E-state index in [1.165, 1.54) is 19.1 Å². The third kappa shape index (κ3) is 21.8. The predicted molar refractivity (Wildman–Crippen MR) is 353 cm³/mol. The number of amides is 11. The Labute approximate surface area is 548 Å². The highest BCUT2D eigenvalue weighted by atomic mass is 79.9. The number of fused-ring (bicyclic) bond motifs is 4. The molecule has 8 rings (SSSR count). The number of alkyl halides is 1. The number of primary amides is 1. The molecule has 27 nitrogen and oxygen atoms in total. The zero-order chi connectivity index (χ0) is 67.0. The smallest absolute Gasteiger partial charge is 0.415 e. The maximum Gasteiger partial charge on any atom is 0.415 e. The van der Waals surface area contributed by atoms with Gasteiger partial charge in [-0.05, 0) is 85.6 Å². The van der Waals surface area contributed by atoms with Crippen LogP contribution in [0.1, 0.15) is 80.9 Å². The predicted octanol–water partition coefficient (Wildman–Crippen LogP) is 4.98. The number of H-pyrrole nitrogens is 1. The van der Waals surface area contributed by atoms with E-state index in [0.29, 0.717) is 90.6 Å². The number of alkyl carbamates (subject to hydrolysis) is 1. The van der Waals surface area contributed by atoms with E-state index < -0.39 is 42.0 Å². The number of urea groups is 1. The van der Waals surface area contributed by atoms with Crippen LogP contribution in [-0.2, 0) is 44.8 Å². The minimum Gasteiger partial charge on any atom is -0.492 e. The van der Waals surface area contributed by atoms with E-state index in [-0.39, 0.29) is 94.9 Å². The highest BCUT2D eigenvalue weighted by Gasteiger charge is 2.36. The van der Waals surface area contributed by atoms with Gasteiger partial charge in [0.1, 0.15) is 36.4 Å². The van der Waals surface area contributed by atoms with Gasteiger partial charge in [0.2, 0.25) is 23.6 Å². The van der Waals surface area contributed by atoms with Crippen LogP contribution in [0, 0.1) is 5.92 Å². The molecule has 0 radical (unpaired) electrons. The lowest BCUT2D eigenvalue weighted by Crippen LogP contribution is -2.48. The summed E-state index contributed by atoms with van der Waals surface area (Å²) >= 11 is 3.68. The Kier molecular flexibility index (Phi) is 27.3. The van der Waals surface area contributed by atoms with Gasteiger partial charge in [-0.2, -0.15) is 0 Å². The van der Waals surface area contributed by atoms with Crippen molar-refractivity contribution in [2.24, 2.45) is 11.7 Å². The number of likely N-dealkylation sites (N-methyl/N-ethyl adjacent to an activating group) is 1. The SMILES string of the molecule is CC(=O)N[C@@H](CCCNC(N)=O)C(=O)Nc1ccc(COC(=O)NCCOc2ccc3[nH]c(C(=O)N4C[C@@H](CBr)c5c4cc(OC(=O)N4CCN(C)CC4)c4ccccc54)cc3c2)cc1.CC(C)[C@@H](C)NCCNC(=O)CCOCCNC(=O)CCN1C(=O)C=CC1=O. The lowest BCUT2D eigenvalue weighted by Gasteiger charge is -2.31. The Morgan fingerprint density at radius 3 is 2.16 bits per heavy atom. The molecule has 93 heavy (non-hydrogen) atoms. The molecule has 0 aliphatic carbocycles. The van der Waals surface area contributed by atoms with Gasteiger partial charge in [0.15, 0.2) is 0 Å². The highest BCUT2D eigenvalue weighted by molar-refractivity contribution is 9.09. The van der Waals surface area contributed by atoms with Gasteiger partial charge in [0, 0.05) is 143 Å². The molecular weight excluding hydrogens is 1270 g/mol. The molecule has 0 bridgehead atoms. The van der Waals surface area contributed by atoms with Crippen LogP contribution >= 0.6 is 15.9 Å². The van der Waals surface area contributed by atoms with E-state index in [0.717, 1.165) is 51.8 Å². The number of hydrogen-bond donors (Lipinski definition) is 9. The number of imide groups is 1. The Morgan fingerprint density at radius 2 is 1.46 bits per heavy atom. The summed E-state index contributed by atoms with van der Waals surface area (Å²) in [5.41, 5.74) is 9.10. The first-order chi connectivity index (χ1) is 44.7. The number of carbonyl (C=O) groups is 10. The van der Waals surface area contributed by atoms with Crippen molar-refractivity contribution >= 4 is 109 Å². The Bertz CT molecular complexity index is 3460. The maximum atomic E-state index is 14.3. The van der Waals surface area contributed by atoms with Crippen molar-refractivity contribution in [1.29, 1.82) is 0 Å². The fourth-order valence-corrected chi connectivity index (χ4v) is 10.7. The zero-order valence-electron chi connectivity index (χ0n) is 53.1. The second-order valence-electron chi connectivity index (χ2n) is 22.9. The third-order valence-corrected chi connectivity index (χ3v) is 16.4. The summed E-state index contributed by atoms with van der Waals surface area (Å²) in [6, 6.07) is 22.5. The van der Waals surface area contributed by atoms with Crippen molar-refractivity contribution in [3.63, 3.8) is 0 Å². The summed E-state index contributed by atoms with van der Waals surface area (Å²) in [6.45, 7) is 13.6. The minimum absolute atomic E-state index is 0.0129. The van der Waals surface area contributed by atoms with Crippen LogP contribution in [0.25, 0.3) is 21.7 Å². The average molecular weight is 1350 g/mol. The van der Waals surface area contributed by atoms with Gasteiger partial charge < -0.3 is 81.6 Å². The molecule has 3 aliphatic rings. The molecule has 4 heterocycles. The van der Waals surface area contributed by atoms with Crippen molar-refractivity contribution < 1.29 is 66.9 Å². The molecule has 11 amide bonds. The molecule has 1 saturated heterocycles. The Morgan fingerprint density at radius 1 is 0.763 bits per heavy atom. The lowest BCUT2D eigenvalue weighted by atomic mass is 9.95. The summed E-state index contributed by atoms with van der Waals surface area (Å²) in [5, 5.41) is 22.4. The summed E-state index contributed by atoms with van der Waals surface area (Å²) in [7, 11) is 2.03. The molecule has 4 aromatic carbocycles. The van der Waals surface area contributed by atoms with Crippen molar-refractivity contribution in [3.8, 4) is 11.5 Å². The van der Waals surface area contributed by atoms with Gasteiger partial charge in [0.05, 0.1) is 25.4 Å². The number of aromatic nitrogens is 1. The van der Waals surface area contributed by atoms with E-state index in [2.05, 4.69) is 83.8 Å². The van der Waals surface area contributed by atoms with Gasteiger partial charge in [-0.3, -0.25) is 38.5 Å². The summed E-state index contributed by atoms with van der Waals surface area (Å²) in [6.07, 6.45) is 2.35. The number of nitrogens with zero attached hydrogens (tertiary/aromatic N) is 4. The van der Waals surface area contributed by atoms with E-state index in [1.54, 1.807) is 46.2 Å². The van der Waals surface area contributed by atoms with E-state index in [4.69, 9.17) is 24.7 Å². The fraction of sp³-hybridized carbons (Fsp3) is 0.446. The summed E-state index contributed by atoms with van der Waals surface area (Å²) in [5.74, 6) is -0.623. The van der Waals surface area contributed by atoms with Crippen molar-refractivity contribution in [3.05, 3.63) is 108 Å². The first-order valence-electron chi connectivity index (χ1n) is 31.0. The van der Waals surface area contributed by atoms with Gasteiger partial charge in [-0.25, -0.2) is 14.4 Å². The zero-order valence-corrected chi connectivity index (χ0v) is 54.7. The number of anilines is 2. The van der Waals surface area contributed by atoms with Gasteiger partial charge >= 0.3 is 18.2 Å². The Hall–Kier alpha value is -9.12. The molecule has 0 saturated carbocycles. The quantitative estimate of drug-likeness (QED) is 0.0166. The maximum absolute atomic E-state index is 14.3. The molecule has 0 unspecified atom stereocenters. The molecular formula is C65H84BrN13O14. The highest BCUT2D eigenvalue weighted by Crippen LogP contribution is 2.46. The van der Waals surface area contributed by atoms with Crippen LogP contribution < -0.4 is 57.3 Å². The molecule has 0 spiro atoms. The molecule has 3 atom stereocenters. The number of carbonyl (C=O) groups excluding carboxylic acids is 10. The van der Waals surface area contributed by atoms with Crippen LogP contribution in [0.4, 0.5) is 25.8 Å². The van der Waals surface area contributed by atoms with Crippen LogP contribution in [0.3, 0.4) is 0 Å². The fourth-order valence-electron chi connectivity index (χ4n) is 10.2. The average Bonchev–Trinajstić information content (AvgIpc) is 1.63. The standard InChI is InChI=1S/C46H52BrN9O9.C19H32N4O5/c1-28(57)51-37(8-5-15-49-44(48)60)42(58)52-32-11-9-29(10-12-32)27-64-45(61)50-16-21-63-33-13-14-36-30(22-33)23-38(53-36)43(59)56-26-31(25-47)41-35-7-4-3-6-34(35)40(24-39(41)56)65-46(62)55-19-17-54(2)18-20-55;1-14(2)15(3)20-8-9-21-17(25)7-12-28-13-10-22-16(24)6-11-23-18(26)4-5-19(23)27/h3-4,6-7,9-14,22-24,31,37,53H,5,8,15-21,25-27H2,1-2H3,(H,50,61)(H,51,57)(H,52,58)(H3,48,49,60);4-5,14-15,20H,6-13H2,1-3H3,(H,21,25)(H,22,24)/t31-,37+;15-/m11/s1. The van der Waals surface area contributed by atoms with Crippen LogP contribution in [0.5, 0.6) is 11.5 Å². The van der Waals surface area contributed by atoms with Crippen molar-refractivity contribution in [2.75, 3.05) is 114 Å². The van der Waals surface area contributed by atoms with Crippen LogP contribution in [0.15, 0.2) is 91.0 Å². The number of aromatic amines is 1. The number of piperazine rings is 1. The number of benzene rings is 4.